The van der Waals surface area contributed by atoms with Crippen LogP contribution in [0.4, 0.5) is 5.13 Å². The number of nitrogens with zero attached hydrogens (tertiary/aromatic N) is 1. The molecule has 0 aliphatic rings. The number of aromatic nitrogens is 1. The fourth-order valence-corrected chi connectivity index (χ4v) is 3.64. The molecular formula is C7H6N2O2S3. The average molecular weight is 246 g/mol. The van der Waals surface area contributed by atoms with Crippen LogP contribution in [0.2, 0.25) is 0 Å². The van der Waals surface area contributed by atoms with E-state index < -0.39 is 10.0 Å². The summed E-state index contributed by atoms with van der Waals surface area (Å²) in [6.07, 6.45) is 1.55. The van der Waals surface area contributed by atoms with Gasteiger partial charge in [0.1, 0.15) is 4.21 Å². The molecule has 14 heavy (non-hydrogen) atoms. The van der Waals surface area contributed by atoms with Crippen molar-refractivity contribution in [3.8, 4) is 0 Å². The van der Waals surface area contributed by atoms with Crippen molar-refractivity contribution in [2.24, 2.45) is 0 Å². The van der Waals surface area contributed by atoms with Crippen molar-refractivity contribution < 1.29 is 8.42 Å². The SMILES string of the molecule is O=S(=O)(Nc1nccs1)c1cccs1. The average Bonchev–Trinajstić information content (AvgIpc) is 2.71. The van der Waals surface area contributed by atoms with Gasteiger partial charge in [-0.05, 0) is 11.4 Å². The smallest absolute Gasteiger partial charge is 0.254 e. The van der Waals surface area contributed by atoms with Crippen LogP contribution in [-0.4, -0.2) is 13.4 Å². The van der Waals surface area contributed by atoms with Gasteiger partial charge in [-0.3, -0.25) is 4.72 Å². The van der Waals surface area contributed by atoms with Crippen molar-refractivity contribution >= 4 is 37.8 Å². The van der Waals surface area contributed by atoms with E-state index in [-0.39, 0.29) is 0 Å². The van der Waals surface area contributed by atoms with Crippen molar-refractivity contribution in [3.63, 3.8) is 0 Å². The zero-order chi connectivity index (χ0) is 10.0. The molecule has 74 valence electrons. The number of sulfonamides is 1. The summed E-state index contributed by atoms with van der Waals surface area (Å²) in [7, 11) is -3.42. The molecule has 0 amide bonds. The fraction of sp³-hybridized carbons (Fsp3) is 0. The summed E-state index contributed by atoms with van der Waals surface area (Å²) in [5.74, 6) is 0. The van der Waals surface area contributed by atoms with Gasteiger partial charge in [-0.15, -0.1) is 22.7 Å². The van der Waals surface area contributed by atoms with Crippen LogP contribution < -0.4 is 4.72 Å². The van der Waals surface area contributed by atoms with Crippen LogP contribution >= 0.6 is 22.7 Å². The molecule has 0 atom stereocenters. The van der Waals surface area contributed by atoms with Crippen molar-refractivity contribution in [2.75, 3.05) is 4.72 Å². The molecule has 2 aromatic heterocycles. The molecule has 0 radical (unpaired) electrons. The molecule has 0 unspecified atom stereocenters. The molecule has 0 aromatic carbocycles. The topological polar surface area (TPSA) is 59.1 Å². The third-order valence-corrected chi connectivity index (χ3v) is 4.97. The van der Waals surface area contributed by atoms with Crippen molar-refractivity contribution in [2.45, 2.75) is 4.21 Å². The standard InChI is InChI=1S/C7H6N2O2S3/c10-14(11,6-2-1-4-12-6)9-7-8-3-5-13-7/h1-5H,(H,8,9). The summed E-state index contributed by atoms with van der Waals surface area (Å²) >= 11 is 2.43. The second-order valence-corrected chi connectivity index (χ2v) is 6.13. The van der Waals surface area contributed by atoms with E-state index in [4.69, 9.17) is 0 Å². The van der Waals surface area contributed by atoms with Gasteiger partial charge in [-0.25, -0.2) is 13.4 Å². The third kappa shape index (κ3) is 1.94. The van der Waals surface area contributed by atoms with Gasteiger partial charge in [-0.1, -0.05) is 6.07 Å². The summed E-state index contributed by atoms with van der Waals surface area (Å²) in [6, 6.07) is 3.25. The lowest BCUT2D eigenvalue weighted by Gasteiger charge is -2.00. The zero-order valence-electron chi connectivity index (χ0n) is 6.88. The molecule has 0 spiro atoms. The highest BCUT2D eigenvalue weighted by Crippen LogP contribution is 2.20. The van der Waals surface area contributed by atoms with Crippen molar-refractivity contribution in [1.29, 1.82) is 0 Å². The largest absolute Gasteiger partial charge is 0.273 e. The summed E-state index contributed by atoms with van der Waals surface area (Å²) in [4.78, 5) is 3.84. The molecule has 0 aliphatic carbocycles. The lowest BCUT2D eigenvalue weighted by Crippen LogP contribution is -2.10. The van der Waals surface area contributed by atoms with Crippen molar-refractivity contribution in [1.82, 2.24) is 4.98 Å². The van der Waals surface area contributed by atoms with Crippen LogP contribution in [-0.2, 0) is 10.0 Å². The Morgan fingerprint density at radius 2 is 2.14 bits per heavy atom. The number of thiophene rings is 1. The summed E-state index contributed by atoms with van der Waals surface area (Å²) < 4.78 is 25.9. The lowest BCUT2D eigenvalue weighted by molar-refractivity contribution is 0.603. The van der Waals surface area contributed by atoms with E-state index in [1.54, 1.807) is 29.1 Å². The van der Waals surface area contributed by atoms with Crippen LogP contribution in [0.25, 0.3) is 0 Å². The highest BCUT2D eigenvalue weighted by molar-refractivity contribution is 7.94. The minimum absolute atomic E-state index is 0.299. The zero-order valence-corrected chi connectivity index (χ0v) is 9.32. The third-order valence-electron chi connectivity index (χ3n) is 1.41. The van der Waals surface area contributed by atoms with Gasteiger partial charge in [0, 0.05) is 11.6 Å². The first-order chi connectivity index (χ1) is 6.68. The van der Waals surface area contributed by atoms with E-state index in [9.17, 15) is 8.42 Å². The second kappa shape index (κ2) is 3.68. The molecule has 0 bridgehead atoms. The maximum absolute atomic E-state index is 11.6. The Bertz CT molecular complexity index is 487. The Hall–Kier alpha value is -0.920. The molecule has 0 fully saturated rings. The fourth-order valence-electron chi connectivity index (χ4n) is 0.855. The number of anilines is 1. The highest BCUT2D eigenvalue weighted by Gasteiger charge is 2.15. The second-order valence-electron chi connectivity index (χ2n) is 2.37. The van der Waals surface area contributed by atoms with E-state index >= 15 is 0 Å². The van der Waals surface area contributed by atoms with E-state index in [2.05, 4.69) is 9.71 Å². The van der Waals surface area contributed by atoms with Gasteiger partial charge < -0.3 is 0 Å². The molecule has 4 nitrogen and oxygen atoms in total. The Labute approximate surface area is 89.3 Å². The summed E-state index contributed by atoms with van der Waals surface area (Å²) in [5, 5.41) is 3.82. The van der Waals surface area contributed by atoms with Gasteiger partial charge in [-0.2, -0.15) is 0 Å². The number of rotatable bonds is 3. The predicted molar refractivity (Wildman–Crippen MR) is 57.2 cm³/mol. The quantitative estimate of drug-likeness (QED) is 0.901. The summed E-state index contributed by atoms with van der Waals surface area (Å²) in [6.45, 7) is 0. The first kappa shape index (κ1) is 9.63. The molecular weight excluding hydrogens is 240 g/mol. The van der Waals surface area contributed by atoms with Crippen LogP contribution in [0.3, 0.4) is 0 Å². The molecule has 0 aliphatic heterocycles. The molecule has 2 rings (SSSR count). The van der Waals surface area contributed by atoms with E-state index in [0.717, 1.165) is 0 Å². The van der Waals surface area contributed by atoms with Crippen LogP contribution in [0.15, 0.2) is 33.3 Å². The lowest BCUT2D eigenvalue weighted by atomic mass is 10.7. The molecule has 1 N–H and O–H groups in total. The Balaban J connectivity index is 2.27. The van der Waals surface area contributed by atoms with Crippen LogP contribution in [0.1, 0.15) is 0 Å². The number of hydrogen-bond donors (Lipinski definition) is 1. The van der Waals surface area contributed by atoms with Crippen LogP contribution in [0, 0.1) is 0 Å². The molecule has 0 saturated carbocycles. The van der Waals surface area contributed by atoms with Crippen LogP contribution in [0.5, 0.6) is 0 Å². The Morgan fingerprint density at radius 1 is 1.29 bits per heavy atom. The normalized spacial score (nSPS) is 11.4. The minimum Gasteiger partial charge on any atom is -0.254 e. The molecule has 2 aromatic rings. The number of hydrogen-bond acceptors (Lipinski definition) is 5. The van der Waals surface area contributed by atoms with E-state index in [0.29, 0.717) is 9.34 Å². The van der Waals surface area contributed by atoms with Gasteiger partial charge in [0.15, 0.2) is 5.13 Å². The first-order valence-corrected chi connectivity index (χ1v) is 6.88. The number of nitrogens with one attached hydrogen (secondary N) is 1. The first-order valence-electron chi connectivity index (χ1n) is 3.64. The monoisotopic (exact) mass is 246 g/mol. The van der Waals surface area contributed by atoms with Gasteiger partial charge in [0.25, 0.3) is 10.0 Å². The number of thiazole rings is 1. The molecule has 7 heteroatoms. The maximum atomic E-state index is 11.6. The molecule has 2 heterocycles. The Kier molecular flexibility index (Phi) is 2.53. The highest BCUT2D eigenvalue weighted by atomic mass is 32.2. The minimum atomic E-state index is -3.42. The van der Waals surface area contributed by atoms with Gasteiger partial charge in [0.2, 0.25) is 0 Å². The molecule has 0 saturated heterocycles. The summed E-state index contributed by atoms with van der Waals surface area (Å²) in [5.41, 5.74) is 0. The maximum Gasteiger partial charge on any atom is 0.273 e. The van der Waals surface area contributed by atoms with Gasteiger partial charge >= 0.3 is 0 Å². The Morgan fingerprint density at radius 3 is 2.71 bits per heavy atom. The van der Waals surface area contributed by atoms with Crippen molar-refractivity contribution in [3.05, 3.63) is 29.1 Å². The predicted octanol–water partition coefficient (Wildman–Crippen LogP) is 2.01. The van der Waals surface area contributed by atoms with E-state index in [1.807, 2.05) is 0 Å². The van der Waals surface area contributed by atoms with Gasteiger partial charge in [0.05, 0.1) is 0 Å². The van der Waals surface area contributed by atoms with E-state index in [1.165, 1.54) is 22.7 Å².